The van der Waals surface area contributed by atoms with E-state index in [9.17, 15) is 0 Å². The molecular weight excluding hydrogens is 292 g/mol. The van der Waals surface area contributed by atoms with Gasteiger partial charge in [0.1, 0.15) is 0 Å². The molecule has 1 heterocycles. The number of aliphatic imine (C=N–C) groups is 1. The highest BCUT2D eigenvalue weighted by Gasteiger charge is 2.03. The van der Waals surface area contributed by atoms with Crippen LogP contribution in [0.15, 0.2) is 35.5 Å². The van der Waals surface area contributed by atoms with Gasteiger partial charge in [-0.25, -0.2) is 9.98 Å². The molecule has 2 aromatic rings. The van der Waals surface area contributed by atoms with E-state index >= 15 is 0 Å². The van der Waals surface area contributed by atoms with E-state index in [4.69, 9.17) is 4.99 Å². The molecule has 0 amide bonds. The van der Waals surface area contributed by atoms with Crippen molar-refractivity contribution >= 4 is 17.3 Å². The molecule has 1 aromatic carbocycles. The predicted octanol–water partition coefficient (Wildman–Crippen LogP) is 3.27. The maximum Gasteiger partial charge on any atom is 0.191 e. The topological polar surface area (TPSA) is 49.3 Å². The third-order valence-electron chi connectivity index (χ3n) is 3.35. The van der Waals surface area contributed by atoms with Crippen molar-refractivity contribution in [1.82, 2.24) is 15.6 Å². The largest absolute Gasteiger partial charge is 0.357 e. The van der Waals surface area contributed by atoms with E-state index in [0.29, 0.717) is 6.54 Å². The Hall–Kier alpha value is -1.88. The number of thiazole rings is 1. The summed E-state index contributed by atoms with van der Waals surface area (Å²) in [5.41, 5.74) is 2.65. The van der Waals surface area contributed by atoms with Crippen molar-refractivity contribution in [3.63, 3.8) is 0 Å². The highest BCUT2D eigenvalue weighted by Crippen LogP contribution is 2.12. The first-order valence-corrected chi connectivity index (χ1v) is 8.54. The van der Waals surface area contributed by atoms with E-state index in [-0.39, 0.29) is 0 Å². The molecule has 0 radical (unpaired) electrons. The van der Waals surface area contributed by atoms with Crippen molar-refractivity contribution in [2.45, 2.75) is 40.3 Å². The van der Waals surface area contributed by atoms with Gasteiger partial charge in [-0.3, -0.25) is 0 Å². The van der Waals surface area contributed by atoms with Crippen molar-refractivity contribution < 1.29 is 0 Å². The summed E-state index contributed by atoms with van der Waals surface area (Å²) in [6.45, 7) is 8.58. The van der Waals surface area contributed by atoms with Crippen LogP contribution < -0.4 is 10.6 Å². The molecule has 118 valence electrons. The fourth-order valence-electron chi connectivity index (χ4n) is 2.22. The van der Waals surface area contributed by atoms with Gasteiger partial charge in [-0.05, 0) is 31.4 Å². The van der Waals surface area contributed by atoms with E-state index in [1.54, 1.807) is 11.3 Å². The summed E-state index contributed by atoms with van der Waals surface area (Å²) >= 11 is 1.71. The van der Waals surface area contributed by atoms with Crippen LogP contribution in [0.4, 0.5) is 0 Å². The Balaban J connectivity index is 2.00. The normalized spacial score (nSPS) is 11.5. The Labute approximate surface area is 136 Å². The van der Waals surface area contributed by atoms with Gasteiger partial charge in [-0.1, -0.05) is 31.2 Å². The van der Waals surface area contributed by atoms with Gasteiger partial charge in [0.25, 0.3) is 0 Å². The maximum absolute atomic E-state index is 4.69. The van der Waals surface area contributed by atoms with Crippen LogP contribution in [-0.4, -0.2) is 17.5 Å². The average molecular weight is 316 g/mol. The minimum Gasteiger partial charge on any atom is -0.357 e. The van der Waals surface area contributed by atoms with Gasteiger partial charge in [-0.2, -0.15) is 0 Å². The second-order valence-electron chi connectivity index (χ2n) is 5.02. The molecule has 0 unspecified atom stereocenters. The van der Waals surface area contributed by atoms with Crippen LogP contribution in [0.25, 0.3) is 0 Å². The molecule has 0 fully saturated rings. The number of nitrogens with zero attached hydrogens (tertiary/aromatic N) is 2. The minimum absolute atomic E-state index is 0.696. The summed E-state index contributed by atoms with van der Waals surface area (Å²) < 4.78 is 0. The smallest absolute Gasteiger partial charge is 0.191 e. The molecule has 0 bridgehead atoms. The molecule has 2 rings (SSSR count). The zero-order chi connectivity index (χ0) is 15.8. The lowest BCUT2D eigenvalue weighted by molar-refractivity contribution is 0.820. The monoisotopic (exact) mass is 316 g/mol. The second kappa shape index (κ2) is 8.54. The fraction of sp³-hybridized carbons (Fsp3) is 0.412. The van der Waals surface area contributed by atoms with Crippen molar-refractivity contribution in [1.29, 1.82) is 0 Å². The van der Waals surface area contributed by atoms with E-state index in [1.165, 1.54) is 16.0 Å². The van der Waals surface area contributed by atoms with Crippen molar-refractivity contribution in [3.05, 3.63) is 51.5 Å². The molecule has 4 nitrogen and oxygen atoms in total. The summed E-state index contributed by atoms with van der Waals surface area (Å²) in [5, 5.41) is 7.75. The molecule has 2 N–H and O–H groups in total. The Kier molecular flexibility index (Phi) is 6.40. The Morgan fingerprint density at radius 3 is 2.59 bits per heavy atom. The van der Waals surface area contributed by atoms with Gasteiger partial charge in [0.05, 0.1) is 18.1 Å². The summed E-state index contributed by atoms with van der Waals surface area (Å²) in [4.78, 5) is 10.2. The number of benzene rings is 1. The lowest BCUT2D eigenvalue weighted by Gasteiger charge is -2.11. The number of rotatable bonds is 6. The number of hydrogen-bond acceptors (Lipinski definition) is 3. The van der Waals surface area contributed by atoms with Gasteiger partial charge in [-0.15, -0.1) is 11.3 Å². The standard InChI is InChI=1S/C17H24N4S/c1-4-14-8-6-7-9-15(14)10-20-17(18-5-2)21-12-16-11-19-13(3)22-16/h6-9,11H,4-5,10,12H2,1-3H3,(H2,18,20,21). The molecular formula is C17H24N4S. The third-order valence-corrected chi connectivity index (χ3v) is 4.26. The fourth-order valence-corrected chi connectivity index (χ4v) is 2.96. The lowest BCUT2D eigenvalue weighted by Crippen LogP contribution is -2.36. The third kappa shape index (κ3) is 4.84. The van der Waals surface area contributed by atoms with Crippen LogP contribution in [0.2, 0.25) is 0 Å². The van der Waals surface area contributed by atoms with Crippen LogP contribution in [0.5, 0.6) is 0 Å². The first-order valence-electron chi connectivity index (χ1n) is 7.73. The first kappa shape index (κ1) is 16.5. The minimum atomic E-state index is 0.696. The number of guanidine groups is 1. The number of nitrogens with one attached hydrogen (secondary N) is 2. The van der Waals surface area contributed by atoms with Crippen molar-refractivity contribution in [2.75, 3.05) is 6.54 Å². The van der Waals surface area contributed by atoms with Gasteiger partial charge in [0, 0.05) is 17.6 Å². The second-order valence-corrected chi connectivity index (χ2v) is 6.34. The van der Waals surface area contributed by atoms with E-state index in [1.807, 2.05) is 13.1 Å². The Morgan fingerprint density at radius 2 is 1.95 bits per heavy atom. The number of hydrogen-bond donors (Lipinski definition) is 2. The number of aromatic nitrogens is 1. The van der Waals surface area contributed by atoms with Gasteiger partial charge in [0.2, 0.25) is 0 Å². The predicted molar refractivity (Wildman–Crippen MR) is 94.3 cm³/mol. The van der Waals surface area contributed by atoms with Crippen molar-refractivity contribution in [2.24, 2.45) is 4.99 Å². The highest BCUT2D eigenvalue weighted by molar-refractivity contribution is 7.11. The summed E-state index contributed by atoms with van der Waals surface area (Å²) in [6, 6.07) is 8.48. The van der Waals surface area contributed by atoms with E-state index in [0.717, 1.165) is 30.5 Å². The summed E-state index contributed by atoms with van der Waals surface area (Å²) in [7, 11) is 0. The maximum atomic E-state index is 4.69. The summed E-state index contributed by atoms with van der Waals surface area (Å²) in [5.74, 6) is 0.847. The average Bonchev–Trinajstić information content (AvgIpc) is 2.96. The van der Waals surface area contributed by atoms with Crippen LogP contribution >= 0.6 is 11.3 Å². The SMILES string of the molecule is CCNC(=NCc1ccccc1CC)NCc1cnc(C)s1. The van der Waals surface area contributed by atoms with Crippen LogP contribution in [0, 0.1) is 6.92 Å². The van der Waals surface area contributed by atoms with Gasteiger partial charge >= 0.3 is 0 Å². The van der Waals surface area contributed by atoms with E-state index < -0.39 is 0 Å². The number of aryl methyl sites for hydroxylation is 2. The van der Waals surface area contributed by atoms with Crippen LogP contribution in [0.1, 0.15) is 34.9 Å². The van der Waals surface area contributed by atoms with Crippen molar-refractivity contribution in [3.8, 4) is 0 Å². The Bertz CT molecular complexity index is 619. The lowest BCUT2D eigenvalue weighted by atomic mass is 10.1. The van der Waals surface area contributed by atoms with Crippen LogP contribution in [0.3, 0.4) is 0 Å². The molecule has 0 spiro atoms. The van der Waals surface area contributed by atoms with Gasteiger partial charge < -0.3 is 10.6 Å². The van der Waals surface area contributed by atoms with Crippen LogP contribution in [-0.2, 0) is 19.5 Å². The quantitative estimate of drug-likeness (QED) is 0.635. The molecule has 0 aliphatic rings. The molecule has 0 saturated heterocycles. The zero-order valence-corrected chi connectivity index (χ0v) is 14.3. The molecule has 0 atom stereocenters. The van der Waals surface area contributed by atoms with E-state index in [2.05, 4.69) is 53.7 Å². The van der Waals surface area contributed by atoms with Gasteiger partial charge in [0.15, 0.2) is 5.96 Å². The molecule has 0 aliphatic heterocycles. The molecule has 1 aromatic heterocycles. The first-order chi connectivity index (χ1) is 10.7. The summed E-state index contributed by atoms with van der Waals surface area (Å²) in [6.07, 6.45) is 2.96. The molecule has 5 heteroatoms. The molecule has 0 saturated carbocycles. The zero-order valence-electron chi connectivity index (χ0n) is 13.5. The molecule has 0 aliphatic carbocycles. The highest BCUT2D eigenvalue weighted by atomic mass is 32.1. The molecule has 22 heavy (non-hydrogen) atoms. The Morgan fingerprint density at radius 1 is 1.18 bits per heavy atom.